The van der Waals surface area contributed by atoms with Crippen LogP contribution >= 0.6 is 15.9 Å². The number of hydrogen-bond donors (Lipinski definition) is 0. The lowest BCUT2D eigenvalue weighted by atomic mass is 10.3. The van der Waals surface area contributed by atoms with E-state index in [-0.39, 0.29) is 5.56 Å². The SMILES string of the molecule is Cn1oc2c(Br)cccc2c1=O. The third-order valence-corrected chi connectivity index (χ3v) is 2.34. The van der Waals surface area contributed by atoms with Crippen LogP contribution in [-0.4, -0.2) is 4.74 Å². The number of halogens is 1. The first-order valence-corrected chi connectivity index (χ1v) is 4.24. The van der Waals surface area contributed by atoms with Crippen molar-refractivity contribution in [1.29, 1.82) is 0 Å². The van der Waals surface area contributed by atoms with Crippen LogP contribution in [0.1, 0.15) is 0 Å². The molecule has 0 saturated heterocycles. The van der Waals surface area contributed by atoms with Crippen LogP contribution in [0.2, 0.25) is 0 Å². The molecule has 0 atom stereocenters. The van der Waals surface area contributed by atoms with Gasteiger partial charge in [0.15, 0.2) is 5.58 Å². The third-order valence-electron chi connectivity index (χ3n) is 1.71. The number of aryl methyl sites for hydroxylation is 1. The smallest absolute Gasteiger partial charge is 0.290 e. The zero-order valence-electron chi connectivity index (χ0n) is 6.37. The minimum absolute atomic E-state index is 0.105. The van der Waals surface area contributed by atoms with E-state index >= 15 is 0 Å². The topological polar surface area (TPSA) is 35.1 Å². The van der Waals surface area contributed by atoms with Gasteiger partial charge in [-0.05, 0) is 28.1 Å². The van der Waals surface area contributed by atoms with E-state index in [0.717, 1.165) is 4.47 Å². The highest BCUT2D eigenvalue weighted by atomic mass is 79.9. The zero-order chi connectivity index (χ0) is 8.72. The predicted molar refractivity (Wildman–Crippen MR) is 49.2 cm³/mol. The maximum Gasteiger partial charge on any atom is 0.290 e. The van der Waals surface area contributed by atoms with Crippen LogP contribution in [-0.2, 0) is 7.05 Å². The normalized spacial score (nSPS) is 10.8. The van der Waals surface area contributed by atoms with Crippen LogP contribution < -0.4 is 5.56 Å². The molecule has 0 fully saturated rings. The fourth-order valence-corrected chi connectivity index (χ4v) is 1.56. The molecule has 0 aliphatic heterocycles. The molecule has 0 aliphatic rings. The molecule has 0 N–H and O–H groups in total. The standard InChI is InChI=1S/C8H6BrNO2/c1-10-8(11)5-3-2-4-6(9)7(5)12-10/h2-4H,1H3. The molecular weight excluding hydrogens is 222 g/mol. The largest absolute Gasteiger partial charge is 0.375 e. The Labute approximate surface area is 76.7 Å². The minimum Gasteiger partial charge on any atom is -0.375 e. The number of para-hydroxylation sites is 1. The molecule has 4 heteroatoms. The Bertz CT molecular complexity index is 483. The van der Waals surface area contributed by atoms with Crippen molar-refractivity contribution in [3.8, 4) is 0 Å². The van der Waals surface area contributed by atoms with E-state index in [4.69, 9.17) is 4.52 Å². The number of benzene rings is 1. The summed E-state index contributed by atoms with van der Waals surface area (Å²) in [5.74, 6) is 0. The summed E-state index contributed by atoms with van der Waals surface area (Å²) in [5, 5.41) is 0.604. The maximum atomic E-state index is 11.3. The van der Waals surface area contributed by atoms with Crippen molar-refractivity contribution in [1.82, 2.24) is 4.74 Å². The van der Waals surface area contributed by atoms with Crippen LogP contribution in [0.3, 0.4) is 0 Å². The zero-order valence-corrected chi connectivity index (χ0v) is 7.96. The molecule has 0 spiro atoms. The second-order valence-corrected chi connectivity index (χ2v) is 3.36. The summed E-state index contributed by atoms with van der Waals surface area (Å²) in [7, 11) is 1.59. The Morgan fingerprint density at radius 2 is 2.25 bits per heavy atom. The Morgan fingerprint density at radius 3 is 2.92 bits per heavy atom. The van der Waals surface area contributed by atoms with Crippen LogP contribution in [0.4, 0.5) is 0 Å². The first-order chi connectivity index (χ1) is 5.70. The van der Waals surface area contributed by atoms with Crippen LogP contribution in [0.15, 0.2) is 32.0 Å². The van der Waals surface area contributed by atoms with Gasteiger partial charge in [-0.15, -0.1) is 0 Å². The van der Waals surface area contributed by atoms with Gasteiger partial charge in [0, 0.05) is 7.05 Å². The third kappa shape index (κ3) is 0.914. The van der Waals surface area contributed by atoms with E-state index in [0.29, 0.717) is 11.0 Å². The molecular formula is C8H6BrNO2. The summed E-state index contributed by atoms with van der Waals surface area (Å²) >= 11 is 3.30. The molecule has 1 heterocycles. The molecule has 0 saturated carbocycles. The van der Waals surface area contributed by atoms with Gasteiger partial charge in [-0.1, -0.05) is 6.07 Å². The van der Waals surface area contributed by atoms with E-state index < -0.39 is 0 Å². The average molecular weight is 228 g/mol. The second kappa shape index (κ2) is 2.48. The lowest BCUT2D eigenvalue weighted by Gasteiger charge is -1.87. The monoisotopic (exact) mass is 227 g/mol. The lowest BCUT2D eigenvalue weighted by Crippen LogP contribution is -2.08. The van der Waals surface area contributed by atoms with Gasteiger partial charge in [-0.2, -0.15) is 4.74 Å². The molecule has 3 nitrogen and oxygen atoms in total. The van der Waals surface area contributed by atoms with Gasteiger partial charge in [0.25, 0.3) is 5.56 Å². The Morgan fingerprint density at radius 1 is 1.50 bits per heavy atom. The Hall–Kier alpha value is -1.03. The van der Waals surface area contributed by atoms with Crippen molar-refractivity contribution in [2.45, 2.75) is 0 Å². The molecule has 0 radical (unpaired) electrons. The van der Waals surface area contributed by atoms with E-state index in [1.54, 1.807) is 13.1 Å². The molecule has 0 unspecified atom stereocenters. The van der Waals surface area contributed by atoms with Gasteiger partial charge in [0.05, 0.1) is 9.86 Å². The first-order valence-electron chi connectivity index (χ1n) is 3.44. The van der Waals surface area contributed by atoms with Crippen LogP contribution in [0.5, 0.6) is 0 Å². The van der Waals surface area contributed by atoms with E-state index in [9.17, 15) is 4.79 Å². The van der Waals surface area contributed by atoms with Crippen molar-refractivity contribution < 1.29 is 4.52 Å². The first kappa shape index (κ1) is 7.61. The fraction of sp³-hybridized carbons (Fsp3) is 0.125. The predicted octanol–water partition coefficient (Wildman–Crippen LogP) is 1.89. The highest BCUT2D eigenvalue weighted by Crippen LogP contribution is 2.20. The highest BCUT2D eigenvalue weighted by Gasteiger charge is 2.07. The number of rotatable bonds is 0. The summed E-state index contributed by atoms with van der Waals surface area (Å²) < 4.78 is 7.21. The van der Waals surface area contributed by atoms with E-state index in [2.05, 4.69) is 15.9 Å². The summed E-state index contributed by atoms with van der Waals surface area (Å²) in [5.41, 5.74) is 0.497. The number of aromatic nitrogens is 1. The summed E-state index contributed by atoms with van der Waals surface area (Å²) in [4.78, 5) is 11.3. The molecule has 2 rings (SSSR count). The van der Waals surface area contributed by atoms with Gasteiger partial charge in [-0.25, -0.2) is 0 Å². The summed E-state index contributed by atoms with van der Waals surface area (Å²) in [6, 6.07) is 5.39. The Kier molecular flexibility index (Phi) is 1.58. The minimum atomic E-state index is -0.105. The molecule has 2 aromatic rings. The quantitative estimate of drug-likeness (QED) is 0.690. The lowest BCUT2D eigenvalue weighted by molar-refractivity contribution is 0.323. The van der Waals surface area contributed by atoms with Crippen LogP contribution in [0, 0.1) is 0 Å². The van der Waals surface area contributed by atoms with Crippen molar-refractivity contribution in [2.24, 2.45) is 7.05 Å². The van der Waals surface area contributed by atoms with Crippen molar-refractivity contribution >= 4 is 26.9 Å². The van der Waals surface area contributed by atoms with Crippen LogP contribution in [0.25, 0.3) is 11.0 Å². The summed E-state index contributed by atoms with van der Waals surface area (Å²) in [6.07, 6.45) is 0. The van der Waals surface area contributed by atoms with Gasteiger partial charge in [-0.3, -0.25) is 4.79 Å². The molecule has 12 heavy (non-hydrogen) atoms. The maximum absolute atomic E-state index is 11.3. The molecule has 62 valence electrons. The Balaban J connectivity index is 3.05. The van der Waals surface area contributed by atoms with E-state index in [1.807, 2.05) is 12.1 Å². The average Bonchev–Trinajstić information content (AvgIpc) is 2.32. The van der Waals surface area contributed by atoms with Gasteiger partial charge in [0.2, 0.25) is 0 Å². The fourth-order valence-electron chi connectivity index (χ4n) is 1.12. The number of nitrogens with zero attached hydrogens (tertiary/aromatic N) is 1. The highest BCUT2D eigenvalue weighted by molar-refractivity contribution is 9.10. The number of hydrogen-bond acceptors (Lipinski definition) is 2. The van der Waals surface area contributed by atoms with Crippen molar-refractivity contribution in [3.63, 3.8) is 0 Å². The molecule has 0 amide bonds. The van der Waals surface area contributed by atoms with E-state index in [1.165, 1.54) is 4.74 Å². The molecule has 1 aromatic heterocycles. The molecule has 1 aromatic carbocycles. The van der Waals surface area contributed by atoms with Crippen molar-refractivity contribution in [3.05, 3.63) is 33.0 Å². The van der Waals surface area contributed by atoms with Gasteiger partial charge < -0.3 is 4.52 Å². The molecule has 0 bridgehead atoms. The molecule has 0 aliphatic carbocycles. The van der Waals surface area contributed by atoms with Crippen molar-refractivity contribution in [2.75, 3.05) is 0 Å². The van der Waals surface area contributed by atoms with Gasteiger partial charge in [0.1, 0.15) is 0 Å². The summed E-state index contributed by atoms with van der Waals surface area (Å²) in [6.45, 7) is 0. The second-order valence-electron chi connectivity index (χ2n) is 2.51. The number of fused-ring (bicyclic) bond motifs is 1. The van der Waals surface area contributed by atoms with Gasteiger partial charge >= 0.3 is 0 Å².